The molecule has 5 rings (SSSR count). The van der Waals surface area contributed by atoms with Crippen LogP contribution in [0.1, 0.15) is 29.6 Å². The van der Waals surface area contributed by atoms with E-state index in [0.29, 0.717) is 41.5 Å². The fourth-order valence-electron chi connectivity index (χ4n) is 3.78. The van der Waals surface area contributed by atoms with Gasteiger partial charge in [0.05, 0.1) is 24.1 Å². The van der Waals surface area contributed by atoms with E-state index in [1.165, 1.54) is 6.92 Å². The second-order valence-electron chi connectivity index (χ2n) is 7.69. The van der Waals surface area contributed by atoms with Crippen LogP contribution >= 0.6 is 0 Å². The Balaban J connectivity index is 1.72. The smallest absolute Gasteiger partial charge is 0.309 e. The fraction of sp³-hybridized carbons (Fsp3) is 0.115. The molecule has 0 bridgehead atoms. The maximum absolute atomic E-state index is 11.9. The van der Waals surface area contributed by atoms with Crippen LogP contribution in [0.2, 0.25) is 0 Å². The van der Waals surface area contributed by atoms with Crippen LogP contribution in [0.5, 0.6) is 11.6 Å². The van der Waals surface area contributed by atoms with Crippen LogP contribution in [0.3, 0.4) is 0 Å². The first-order chi connectivity index (χ1) is 16.1. The number of hydrogen-bond acceptors (Lipinski definition) is 6. The maximum atomic E-state index is 11.9. The molecule has 0 fully saturated rings. The van der Waals surface area contributed by atoms with Crippen molar-refractivity contribution in [1.29, 1.82) is 0 Å². The molecule has 7 heteroatoms. The van der Waals surface area contributed by atoms with E-state index in [0.717, 1.165) is 16.8 Å². The minimum Gasteiger partial charge on any atom is -0.508 e. The second kappa shape index (κ2) is 8.63. The Morgan fingerprint density at radius 1 is 1.00 bits per heavy atom. The molecule has 0 aliphatic carbocycles. The average molecular weight is 439 g/mol. The van der Waals surface area contributed by atoms with Gasteiger partial charge < -0.3 is 14.3 Å². The van der Waals surface area contributed by atoms with Crippen molar-refractivity contribution in [1.82, 2.24) is 14.4 Å². The molecule has 0 spiro atoms. The van der Waals surface area contributed by atoms with Gasteiger partial charge in [-0.1, -0.05) is 42.5 Å². The van der Waals surface area contributed by atoms with Crippen LogP contribution in [0.25, 0.3) is 16.9 Å². The molecule has 33 heavy (non-hydrogen) atoms. The van der Waals surface area contributed by atoms with E-state index in [4.69, 9.17) is 19.1 Å². The average Bonchev–Trinajstić information content (AvgIpc) is 3.43. The Morgan fingerprint density at radius 3 is 2.58 bits per heavy atom. The van der Waals surface area contributed by atoms with Crippen LogP contribution in [0.15, 0.2) is 83.6 Å². The van der Waals surface area contributed by atoms with Crippen molar-refractivity contribution in [3.8, 4) is 22.9 Å². The van der Waals surface area contributed by atoms with Gasteiger partial charge in [0.2, 0.25) is 5.88 Å². The fourth-order valence-corrected chi connectivity index (χ4v) is 3.78. The first-order valence-electron chi connectivity index (χ1n) is 10.5. The number of hydrogen-bond donors (Lipinski definition) is 1. The number of carbonyl (C=O) groups excluding carboxylic acids is 1. The number of furan rings is 1. The number of benzene rings is 2. The number of nitrogens with zero attached hydrogens (tertiary/aromatic N) is 3. The summed E-state index contributed by atoms with van der Waals surface area (Å²) >= 11 is 0. The Bertz CT molecular complexity index is 1420. The second-order valence-corrected chi connectivity index (χ2v) is 7.69. The molecule has 0 saturated carbocycles. The molecule has 0 aliphatic rings. The van der Waals surface area contributed by atoms with Gasteiger partial charge in [-0.3, -0.25) is 9.20 Å². The largest absolute Gasteiger partial charge is 0.508 e. The number of fused-ring (bicyclic) bond motifs is 1. The Labute approximate surface area is 189 Å². The molecule has 0 amide bonds. The summed E-state index contributed by atoms with van der Waals surface area (Å²) in [6.45, 7) is 1.36. The molecule has 1 N–H and O–H groups in total. The molecule has 3 aromatic heterocycles. The molecule has 3 heterocycles. The molecular weight excluding hydrogens is 418 g/mol. The molecule has 7 nitrogen and oxygen atoms in total. The normalized spacial score (nSPS) is 11.1. The quantitative estimate of drug-likeness (QED) is 0.382. The molecule has 0 radical (unpaired) electrons. The molecule has 164 valence electrons. The van der Waals surface area contributed by atoms with Gasteiger partial charge in [0.25, 0.3) is 0 Å². The van der Waals surface area contributed by atoms with Gasteiger partial charge in [0, 0.05) is 25.1 Å². The van der Waals surface area contributed by atoms with Crippen molar-refractivity contribution in [2.24, 2.45) is 0 Å². The van der Waals surface area contributed by atoms with E-state index >= 15 is 0 Å². The van der Waals surface area contributed by atoms with Crippen molar-refractivity contribution >= 4 is 11.6 Å². The zero-order valence-corrected chi connectivity index (χ0v) is 17.9. The van der Waals surface area contributed by atoms with Gasteiger partial charge >= 0.3 is 5.97 Å². The highest BCUT2D eigenvalue weighted by Crippen LogP contribution is 2.30. The molecule has 0 atom stereocenters. The number of carbonyl (C=O) groups is 1. The molecule has 0 saturated heterocycles. The summed E-state index contributed by atoms with van der Waals surface area (Å²) in [5.41, 5.74) is 4.33. The summed E-state index contributed by atoms with van der Waals surface area (Å²) in [6.07, 6.45) is 4.27. The topological polar surface area (TPSA) is 89.9 Å². The van der Waals surface area contributed by atoms with Crippen molar-refractivity contribution in [2.45, 2.75) is 19.8 Å². The summed E-state index contributed by atoms with van der Waals surface area (Å²) in [5, 5.41) is 9.99. The molecule has 0 aliphatic heterocycles. The number of aromatic nitrogens is 3. The zero-order valence-electron chi connectivity index (χ0n) is 17.9. The predicted molar refractivity (Wildman–Crippen MR) is 122 cm³/mol. The van der Waals surface area contributed by atoms with Crippen LogP contribution in [-0.2, 0) is 17.6 Å². The Hall–Kier alpha value is -4.39. The number of phenolic OH excluding ortho intramolecular Hbond substituents is 1. The van der Waals surface area contributed by atoms with Crippen molar-refractivity contribution < 1.29 is 19.1 Å². The Morgan fingerprint density at radius 2 is 1.85 bits per heavy atom. The molecule has 5 aromatic rings. The van der Waals surface area contributed by atoms with Crippen molar-refractivity contribution in [3.63, 3.8) is 0 Å². The SMILES string of the molecule is CC(=O)Oc1c(Cc2ccco2)nc2c(Cc3ccccc3)nc(-c3cccc(O)c3)cn12. The first kappa shape index (κ1) is 20.5. The highest BCUT2D eigenvalue weighted by molar-refractivity contribution is 5.71. The van der Waals surface area contributed by atoms with Gasteiger partial charge in [-0.25, -0.2) is 9.97 Å². The number of esters is 1. The Kier molecular flexibility index (Phi) is 5.36. The molecule has 0 unspecified atom stereocenters. The number of rotatable bonds is 6. The van der Waals surface area contributed by atoms with Crippen molar-refractivity contribution in [3.05, 3.63) is 102 Å². The lowest BCUT2D eigenvalue weighted by Gasteiger charge is -2.10. The third kappa shape index (κ3) is 4.34. The van der Waals surface area contributed by atoms with E-state index in [-0.39, 0.29) is 5.75 Å². The van der Waals surface area contributed by atoms with Crippen LogP contribution in [0, 0.1) is 0 Å². The third-order valence-corrected chi connectivity index (χ3v) is 5.22. The number of aromatic hydroxyl groups is 1. The summed E-state index contributed by atoms with van der Waals surface area (Å²) in [6, 6.07) is 20.5. The monoisotopic (exact) mass is 439 g/mol. The lowest BCUT2D eigenvalue weighted by molar-refractivity contribution is -0.132. The standard InChI is InChI=1S/C26H21N3O4/c1-17(30)33-26-23(15-21-11-6-12-32-21)28-25-22(13-18-7-3-2-4-8-18)27-24(16-29(25)26)19-9-5-10-20(31)14-19/h2-12,14,16,31H,13,15H2,1H3. The lowest BCUT2D eigenvalue weighted by Crippen LogP contribution is -2.07. The van der Waals surface area contributed by atoms with E-state index in [2.05, 4.69) is 0 Å². The summed E-state index contributed by atoms with van der Waals surface area (Å²) in [4.78, 5) is 21.6. The lowest BCUT2D eigenvalue weighted by atomic mass is 10.1. The zero-order chi connectivity index (χ0) is 22.8. The summed E-state index contributed by atoms with van der Waals surface area (Å²) in [5.74, 6) is 0.728. The van der Waals surface area contributed by atoms with Crippen LogP contribution in [0.4, 0.5) is 0 Å². The number of imidazole rings is 1. The number of ether oxygens (including phenoxy) is 1. The van der Waals surface area contributed by atoms with E-state index < -0.39 is 5.97 Å². The predicted octanol–water partition coefficient (Wildman–Crippen LogP) is 4.80. The first-order valence-corrected chi connectivity index (χ1v) is 10.5. The molecule has 2 aromatic carbocycles. The highest BCUT2D eigenvalue weighted by Gasteiger charge is 2.21. The van der Waals surface area contributed by atoms with Gasteiger partial charge in [-0.15, -0.1) is 0 Å². The molecular formula is C26H21N3O4. The van der Waals surface area contributed by atoms with Gasteiger partial charge in [0.1, 0.15) is 17.2 Å². The maximum Gasteiger partial charge on any atom is 0.309 e. The van der Waals surface area contributed by atoms with Gasteiger partial charge in [-0.2, -0.15) is 0 Å². The highest BCUT2D eigenvalue weighted by atomic mass is 16.5. The minimum absolute atomic E-state index is 0.142. The number of phenols is 1. The van der Waals surface area contributed by atoms with Crippen LogP contribution in [-0.4, -0.2) is 25.4 Å². The summed E-state index contributed by atoms with van der Waals surface area (Å²) < 4.78 is 12.9. The van der Waals surface area contributed by atoms with Gasteiger partial charge in [-0.05, 0) is 29.8 Å². The van der Waals surface area contributed by atoms with E-state index in [1.54, 1.807) is 41.1 Å². The van der Waals surface area contributed by atoms with Gasteiger partial charge in [0.15, 0.2) is 5.65 Å². The van der Waals surface area contributed by atoms with Crippen LogP contribution < -0.4 is 4.74 Å². The third-order valence-electron chi connectivity index (χ3n) is 5.22. The summed E-state index contributed by atoms with van der Waals surface area (Å²) in [7, 11) is 0. The van der Waals surface area contributed by atoms with Crippen molar-refractivity contribution in [2.75, 3.05) is 0 Å². The van der Waals surface area contributed by atoms with E-state index in [9.17, 15) is 9.90 Å². The van der Waals surface area contributed by atoms with E-state index in [1.807, 2.05) is 42.5 Å². The minimum atomic E-state index is -0.446.